The second-order valence-corrected chi connectivity index (χ2v) is 3.12. The maximum Gasteiger partial charge on any atom is 0.221 e. The van der Waals surface area contributed by atoms with Crippen LogP contribution in [0, 0.1) is 19.3 Å². The van der Waals surface area contributed by atoms with Crippen LogP contribution in [0.3, 0.4) is 0 Å². The number of hydrogen-bond donors (Lipinski definition) is 1. The van der Waals surface area contributed by atoms with Crippen LogP contribution >= 0.6 is 0 Å². The first kappa shape index (κ1) is 11.3. The van der Waals surface area contributed by atoms with E-state index in [1.54, 1.807) is 0 Å². The molecule has 0 amide bonds. The quantitative estimate of drug-likeness (QED) is 0.759. The monoisotopic (exact) mass is 205 g/mol. The number of nitrogens with zero attached hydrogens (tertiary/aromatic N) is 2. The van der Waals surface area contributed by atoms with Gasteiger partial charge in [0.25, 0.3) is 0 Å². The molecule has 0 bridgehead atoms. The number of ether oxygens (including phenoxy) is 1. The number of nitrogens with one attached hydrogen (secondary N) is 1. The zero-order chi connectivity index (χ0) is 11.3. The van der Waals surface area contributed by atoms with Crippen LogP contribution in [0.2, 0.25) is 0 Å². The number of anilines is 1. The SMILES string of the molecule is C#CC(C)Nc1ncnc(OCC)c1C. The van der Waals surface area contributed by atoms with Gasteiger partial charge < -0.3 is 10.1 Å². The van der Waals surface area contributed by atoms with Gasteiger partial charge in [0, 0.05) is 0 Å². The predicted molar refractivity (Wildman–Crippen MR) is 59.9 cm³/mol. The van der Waals surface area contributed by atoms with E-state index in [1.807, 2.05) is 20.8 Å². The predicted octanol–water partition coefficient (Wildman–Crippen LogP) is 1.62. The molecule has 0 radical (unpaired) electrons. The van der Waals surface area contributed by atoms with Gasteiger partial charge in [-0.05, 0) is 20.8 Å². The van der Waals surface area contributed by atoms with Crippen molar-refractivity contribution < 1.29 is 4.74 Å². The van der Waals surface area contributed by atoms with E-state index in [9.17, 15) is 0 Å². The van der Waals surface area contributed by atoms with E-state index in [-0.39, 0.29) is 6.04 Å². The van der Waals surface area contributed by atoms with Gasteiger partial charge >= 0.3 is 0 Å². The first-order valence-corrected chi connectivity index (χ1v) is 4.86. The molecule has 0 spiro atoms. The molecular weight excluding hydrogens is 190 g/mol. The van der Waals surface area contributed by atoms with E-state index in [0.717, 1.165) is 11.4 Å². The van der Waals surface area contributed by atoms with Crippen molar-refractivity contribution in [2.45, 2.75) is 26.8 Å². The van der Waals surface area contributed by atoms with Crippen LogP contribution in [0.25, 0.3) is 0 Å². The lowest BCUT2D eigenvalue weighted by Gasteiger charge is -2.12. The summed E-state index contributed by atoms with van der Waals surface area (Å²) in [6.07, 6.45) is 6.74. The van der Waals surface area contributed by atoms with Gasteiger partial charge in [0.05, 0.1) is 18.2 Å². The van der Waals surface area contributed by atoms with E-state index < -0.39 is 0 Å². The van der Waals surface area contributed by atoms with Gasteiger partial charge in [0.15, 0.2) is 0 Å². The summed E-state index contributed by atoms with van der Waals surface area (Å²) >= 11 is 0. The highest BCUT2D eigenvalue weighted by atomic mass is 16.5. The average Bonchev–Trinajstić information content (AvgIpc) is 2.24. The lowest BCUT2D eigenvalue weighted by molar-refractivity contribution is 0.324. The Morgan fingerprint density at radius 1 is 1.60 bits per heavy atom. The largest absolute Gasteiger partial charge is 0.478 e. The molecule has 1 rings (SSSR count). The molecule has 1 aromatic rings. The van der Waals surface area contributed by atoms with Crippen LogP contribution < -0.4 is 10.1 Å². The van der Waals surface area contributed by atoms with Gasteiger partial charge in [-0.3, -0.25) is 0 Å². The van der Waals surface area contributed by atoms with Gasteiger partial charge in [-0.15, -0.1) is 6.42 Å². The van der Waals surface area contributed by atoms with E-state index in [1.165, 1.54) is 6.33 Å². The lowest BCUT2D eigenvalue weighted by atomic mass is 10.3. The summed E-state index contributed by atoms with van der Waals surface area (Å²) in [5.41, 5.74) is 0.876. The minimum atomic E-state index is -0.0620. The molecule has 1 unspecified atom stereocenters. The summed E-state index contributed by atoms with van der Waals surface area (Å²) < 4.78 is 5.35. The molecule has 4 nitrogen and oxygen atoms in total. The van der Waals surface area contributed by atoms with Crippen LogP contribution in [0.4, 0.5) is 5.82 Å². The zero-order valence-electron chi connectivity index (χ0n) is 9.24. The highest BCUT2D eigenvalue weighted by molar-refractivity contribution is 5.49. The van der Waals surface area contributed by atoms with Crippen LogP contribution in [-0.4, -0.2) is 22.6 Å². The van der Waals surface area contributed by atoms with Crippen molar-refractivity contribution in [3.8, 4) is 18.2 Å². The highest BCUT2D eigenvalue weighted by Crippen LogP contribution is 2.20. The first-order chi connectivity index (χ1) is 7.19. The molecule has 1 atom stereocenters. The topological polar surface area (TPSA) is 47.0 Å². The fraction of sp³-hybridized carbons (Fsp3) is 0.455. The molecule has 1 aromatic heterocycles. The van der Waals surface area contributed by atoms with Crippen LogP contribution in [0.1, 0.15) is 19.4 Å². The molecule has 0 fully saturated rings. The summed E-state index contributed by atoms with van der Waals surface area (Å²) in [6.45, 7) is 6.29. The number of hydrogen-bond acceptors (Lipinski definition) is 4. The van der Waals surface area contributed by atoms with Crippen molar-refractivity contribution >= 4 is 5.82 Å². The van der Waals surface area contributed by atoms with Gasteiger partial charge in [-0.1, -0.05) is 5.92 Å². The maximum atomic E-state index is 5.35. The minimum Gasteiger partial charge on any atom is -0.478 e. The number of rotatable bonds is 4. The molecule has 15 heavy (non-hydrogen) atoms. The van der Waals surface area contributed by atoms with Crippen LogP contribution in [0.15, 0.2) is 6.33 Å². The third kappa shape index (κ3) is 2.84. The van der Waals surface area contributed by atoms with Crippen molar-refractivity contribution in [1.82, 2.24) is 9.97 Å². The fourth-order valence-electron chi connectivity index (χ4n) is 1.11. The minimum absolute atomic E-state index is 0.0620. The van der Waals surface area contributed by atoms with E-state index in [2.05, 4.69) is 21.2 Å². The first-order valence-electron chi connectivity index (χ1n) is 4.86. The Morgan fingerprint density at radius 3 is 2.93 bits per heavy atom. The van der Waals surface area contributed by atoms with E-state index >= 15 is 0 Å². The Balaban J connectivity index is 2.90. The molecule has 0 aliphatic rings. The Kier molecular flexibility index (Phi) is 3.92. The van der Waals surface area contributed by atoms with E-state index in [0.29, 0.717) is 12.5 Å². The van der Waals surface area contributed by atoms with Crippen molar-refractivity contribution in [1.29, 1.82) is 0 Å². The number of terminal acetylenes is 1. The maximum absolute atomic E-state index is 5.35. The molecule has 1 N–H and O–H groups in total. The summed E-state index contributed by atoms with van der Waals surface area (Å²) in [5.74, 6) is 3.90. The van der Waals surface area contributed by atoms with Crippen molar-refractivity contribution in [2.24, 2.45) is 0 Å². The molecule has 0 aromatic carbocycles. The van der Waals surface area contributed by atoms with Crippen LogP contribution in [0.5, 0.6) is 5.88 Å². The summed E-state index contributed by atoms with van der Waals surface area (Å²) in [7, 11) is 0. The average molecular weight is 205 g/mol. The normalized spacial score (nSPS) is 11.6. The molecule has 0 saturated heterocycles. The van der Waals surface area contributed by atoms with Crippen LogP contribution in [-0.2, 0) is 0 Å². The van der Waals surface area contributed by atoms with Gasteiger partial charge in [0.1, 0.15) is 12.1 Å². The van der Waals surface area contributed by atoms with Gasteiger partial charge in [-0.25, -0.2) is 9.97 Å². The molecular formula is C11H15N3O. The summed E-state index contributed by atoms with van der Waals surface area (Å²) in [4.78, 5) is 8.15. The second kappa shape index (κ2) is 5.20. The Hall–Kier alpha value is -1.76. The van der Waals surface area contributed by atoms with Gasteiger partial charge in [0.2, 0.25) is 5.88 Å². The molecule has 0 aliphatic heterocycles. The number of aromatic nitrogens is 2. The van der Waals surface area contributed by atoms with Crippen molar-refractivity contribution in [2.75, 3.05) is 11.9 Å². The Morgan fingerprint density at radius 2 is 2.33 bits per heavy atom. The standard InChI is InChI=1S/C11H15N3O/c1-5-8(3)14-10-9(4)11(15-6-2)13-7-12-10/h1,7-8H,6H2,2-4H3,(H,12,13,14). The van der Waals surface area contributed by atoms with Crippen molar-refractivity contribution in [3.05, 3.63) is 11.9 Å². The molecule has 80 valence electrons. The summed E-state index contributed by atoms with van der Waals surface area (Å²) in [6, 6.07) is -0.0620. The molecule has 4 heteroatoms. The second-order valence-electron chi connectivity index (χ2n) is 3.12. The summed E-state index contributed by atoms with van der Waals surface area (Å²) in [5, 5.41) is 3.09. The third-order valence-corrected chi connectivity index (χ3v) is 1.92. The van der Waals surface area contributed by atoms with Gasteiger partial charge in [-0.2, -0.15) is 0 Å². The lowest BCUT2D eigenvalue weighted by Crippen LogP contribution is -2.15. The van der Waals surface area contributed by atoms with E-state index in [4.69, 9.17) is 11.2 Å². The smallest absolute Gasteiger partial charge is 0.221 e. The van der Waals surface area contributed by atoms with Crippen molar-refractivity contribution in [3.63, 3.8) is 0 Å². The molecule has 1 heterocycles. The molecule has 0 saturated carbocycles. The highest BCUT2D eigenvalue weighted by Gasteiger charge is 2.08. The fourth-order valence-corrected chi connectivity index (χ4v) is 1.11. The Bertz CT molecular complexity index is 371. The third-order valence-electron chi connectivity index (χ3n) is 1.92. The molecule has 0 aliphatic carbocycles. The zero-order valence-corrected chi connectivity index (χ0v) is 9.24. The Labute approximate surface area is 90.1 Å².